The Hall–Kier alpha value is -1.46. The Morgan fingerprint density at radius 3 is 2.73 bits per heavy atom. The van der Waals surface area contributed by atoms with Gasteiger partial charge in [-0.2, -0.15) is 0 Å². The highest BCUT2D eigenvalue weighted by atomic mass is 32.1. The van der Waals surface area contributed by atoms with Gasteiger partial charge in [-0.1, -0.05) is 23.5 Å². The fraction of sp³-hybridized carbons (Fsp3) is 0.200. The van der Waals surface area contributed by atoms with Crippen LogP contribution in [-0.2, 0) is 6.54 Å². The van der Waals surface area contributed by atoms with Gasteiger partial charge in [-0.15, -0.1) is 0 Å². The van der Waals surface area contributed by atoms with Gasteiger partial charge in [0.2, 0.25) is 0 Å². The normalized spacial score (nSPS) is 10.7. The molecule has 0 amide bonds. The molecule has 78 valence electrons. The van der Waals surface area contributed by atoms with Crippen LogP contribution in [0, 0.1) is 0 Å². The largest absolute Gasteiger partial charge is 0.395 e. The maximum Gasteiger partial charge on any atom is 0.310 e. The number of hydrogen-bond donors (Lipinski definition) is 1. The molecule has 0 spiro atoms. The van der Waals surface area contributed by atoms with Gasteiger partial charge < -0.3 is 5.11 Å². The van der Waals surface area contributed by atoms with Gasteiger partial charge in [0.25, 0.3) is 5.56 Å². The molecule has 5 heteroatoms. The lowest BCUT2D eigenvalue weighted by atomic mass is 10.3. The number of aliphatic hydroxyl groups is 1. The van der Waals surface area contributed by atoms with Crippen molar-refractivity contribution in [1.82, 2.24) is 4.57 Å². The molecule has 0 saturated heterocycles. The van der Waals surface area contributed by atoms with Crippen LogP contribution in [0.15, 0.2) is 33.9 Å². The minimum atomic E-state index is -0.330. The lowest BCUT2D eigenvalue weighted by Gasteiger charge is -2.02. The van der Waals surface area contributed by atoms with Crippen molar-refractivity contribution in [3.05, 3.63) is 44.3 Å². The Morgan fingerprint density at radius 2 is 2.00 bits per heavy atom. The molecule has 0 radical (unpaired) electrons. The molecule has 1 N–H and O–H groups in total. The van der Waals surface area contributed by atoms with E-state index in [2.05, 4.69) is 0 Å². The summed E-state index contributed by atoms with van der Waals surface area (Å²) in [4.78, 5) is 23.0. The van der Waals surface area contributed by atoms with Crippen molar-refractivity contribution < 1.29 is 5.11 Å². The number of aliphatic hydroxyl groups excluding tert-OH is 1. The van der Waals surface area contributed by atoms with Crippen molar-refractivity contribution in [2.24, 2.45) is 0 Å². The van der Waals surface area contributed by atoms with E-state index >= 15 is 0 Å². The van der Waals surface area contributed by atoms with Gasteiger partial charge in [0.15, 0.2) is 0 Å². The Kier molecular flexibility index (Phi) is 2.66. The smallest absolute Gasteiger partial charge is 0.310 e. The zero-order chi connectivity index (χ0) is 10.8. The molecule has 0 atom stereocenters. The molecule has 0 aliphatic rings. The van der Waals surface area contributed by atoms with Crippen LogP contribution in [0.2, 0.25) is 0 Å². The summed E-state index contributed by atoms with van der Waals surface area (Å²) in [5.74, 6) is 0. The van der Waals surface area contributed by atoms with E-state index in [1.54, 1.807) is 24.3 Å². The summed E-state index contributed by atoms with van der Waals surface area (Å²) in [5.41, 5.74) is -0.330. The first-order valence-corrected chi connectivity index (χ1v) is 5.29. The summed E-state index contributed by atoms with van der Waals surface area (Å²) in [6.45, 7) is -0.154. The Bertz CT molecular complexity index is 599. The highest BCUT2D eigenvalue weighted by Gasteiger charge is 2.06. The molecule has 1 heterocycles. The molecule has 2 aromatic rings. The fourth-order valence-corrected chi connectivity index (χ4v) is 2.29. The predicted molar refractivity (Wildman–Crippen MR) is 59.4 cm³/mol. The van der Waals surface area contributed by atoms with Crippen LogP contribution < -0.4 is 10.4 Å². The van der Waals surface area contributed by atoms with Gasteiger partial charge in [-0.25, -0.2) is 0 Å². The number of benzene rings is 1. The molecule has 0 aliphatic heterocycles. The van der Waals surface area contributed by atoms with Gasteiger partial charge >= 0.3 is 4.87 Å². The number of nitrogens with zero attached hydrogens (tertiary/aromatic N) is 1. The second kappa shape index (κ2) is 3.96. The third-order valence-corrected chi connectivity index (χ3v) is 3.07. The zero-order valence-corrected chi connectivity index (χ0v) is 8.66. The first-order chi connectivity index (χ1) is 7.24. The molecule has 0 aliphatic carbocycles. The van der Waals surface area contributed by atoms with Crippen LogP contribution in [0.4, 0.5) is 0 Å². The molecule has 0 bridgehead atoms. The van der Waals surface area contributed by atoms with E-state index in [0.29, 0.717) is 10.1 Å². The van der Waals surface area contributed by atoms with E-state index in [-0.39, 0.29) is 23.6 Å². The van der Waals surface area contributed by atoms with Crippen LogP contribution in [0.25, 0.3) is 10.1 Å². The lowest BCUT2D eigenvalue weighted by molar-refractivity contribution is 0.273. The fourth-order valence-electron chi connectivity index (χ4n) is 1.40. The van der Waals surface area contributed by atoms with Gasteiger partial charge in [-0.05, 0) is 12.1 Å². The van der Waals surface area contributed by atoms with Crippen LogP contribution in [0.3, 0.4) is 0 Å². The topological polar surface area (TPSA) is 59.3 Å². The van der Waals surface area contributed by atoms with E-state index < -0.39 is 0 Å². The molecule has 4 nitrogen and oxygen atoms in total. The summed E-state index contributed by atoms with van der Waals surface area (Å²) in [6.07, 6.45) is 0. The molecule has 0 saturated carbocycles. The lowest BCUT2D eigenvalue weighted by Crippen LogP contribution is -2.32. The Balaban J connectivity index is 2.85. The summed E-state index contributed by atoms with van der Waals surface area (Å²) >= 11 is 1.02. The SMILES string of the molecule is O=c1sc2ccccc2c(=O)n1CCO. The molecular formula is C10H9NO3S. The minimum Gasteiger partial charge on any atom is -0.395 e. The van der Waals surface area contributed by atoms with Crippen molar-refractivity contribution in [2.75, 3.05) is 6.61 Å². The van der Waals surface area contributed by atoms with Crippen LogP contribution >= 0.6 is 11.3 Å². The summed E-state index contributed by atoms with van der Waals surface area (Å²) < 4.78 is 1.74. The standard InChI is InChI=1S/C10H9NO3S/c12-6-5-11-9(13)7-3-1-2-4-8(7)15-10(11)14/h1-4,12H,5-6H2. The van der Waals surface area contributed by atoms with Gasteiger partial charge in [0, 0.05) is 4.70 Å². The van der Waals surface area contributed by atoms with Crippen LogP contribution in [0.1, 0.15) is 0 Å². The minimum absolute atomic E-state index is 0.0546. The first-order valence-electron chi connectivity index (χ1n) is 4.47. The van der Waals surface area contributed by atoms with E-state index in [0.717, 1.165) is 15.9 Å². The quantitative estimate of drug-likeness (QED) is 0.802. The second-order valence-corrected chi connectivity index (χ2v) is 4.04. The van der Waals surface area contributed by atoms with Gasteiger partial charge in [0.05, 0.1) is 18.5 Å². The van der Waals surface area contributed by atoms with E-state index in [4.69, 9.17) is 5.11 Å². The zero-order valence-electron chi connectivity index (χ0n) is 7.84. The van der Waals surface area contributed by atoms with Crippen molar-refractivity contribution in [1.29, 1.82) is 0 Å². The highest BCUT2D eigenvalue weighted by molar-refractivity contribution is 7.16. The predicted octanol–water partition coefficient (Wildman–Crippen LogP) is 0.416. The van der Waals surface area contributed by atoms with E-state index in [1.165, 1.54) is 0 Å². The average molecular weight is 223 g/mol. The van der Waals surface area contributed by atoms with Crippen molar-refractivity contribution in [2.45, 2.75) is 6.54 Å². The highest BCUT2D eigenvalue weighted by Crippen LogP contribution is 2.10. The number of hydrogen-bond acceptors (Lipinski definition) is 4. The number of aromatic nitrogens is 1. The average Bonchev–Trinajstić information content (AvgIpc) is 2.24. The molecule has 1 aromatic heterocycles. The molecule has 1 aromatic carbocycles. The van der Waals surface area contributed by atoms with E-state index in [9.17, 15) is 9.59 Å². The van der Waals surface area contributed by atoms with Crippen molar-refractivity contribution in [3.63, 3.8) is 0 Å². The maximum absolute atomic E-state index is 11.8. The number of fused-ring (bicyclic) bond motifs is 1. The monoisotopic (exact) mass is 223 g/mol. The van der Waals surface area contributed by atoms with Gasteiger partial charge in [-0.3, -0.25) is 14.2 Å². The van der Waals surface area contributed by atoms with Gasteiger partial charge in [0.1, 0.15) is 0 Å². The third kappa shape index (κ3) is 1.71. The Labute approximate surface area is 89.0 Å². The third-order valence-electron chi connectivity index (χ3n) is 2.10. The summed E-state index contributed by atoms with van der Waals surface area (Å²) in [6, 6.07) is 6.96. The maximum atomic E-state index is 11.8. The van der Waals surface area contributed by atoms with Crippen molar-refractivity contribution in [3.8, 4) is 0 Å². The summed E-state index contributed by atoms with van der Waals surface area (Å²) in [7, 11) is 0. The van der Waals surface area contributed by atoms with Crippen LogP contribution in [-0.4, -0.2) is 16.3 Å². The first kappa shape index (κ1) is 10.1. The number of rotatable bonds is 2. The molecule has 0 unspecified atom stereocenters. The van der Waals surface area contributed by atoms with E-state index in [1.807, 2.05) is 0 Å². The molecule has 0 fully saturated rings. The molecule has 15 heavy (non-hydrogen) atoms. The summed E-state index contributed by atoms with van der Waals surface area (Å²) in [5, 5.41) is 9.27. The molecule has 2 rings (SSSR count). The second-order valence-electron chi connectivity index (χ2n) is 3.04. The van der Waals surface area contributed by atoms with Crippen LogP contribution in [0.5, 0.6) is 0 Å². The van der Waals surface area contributed by atoms with Crippen molar-refractivity contribution >= 4 is 21.4 Å². The molecular weight excluding hydrogens is 214 g/mol. The Morgan fingerprint density at radius 1 is 1.27 bits per heavy atom.